The minimum absolute atomic E-state index is 0.0357. The van der Waals surface area contributed by atoms with E-state index < -0.39 is 15.8 Å². The van der Waals surface area contributed by atoms with Gasteiger partial charge in [-0.3, -0.25) is 4.72 Å². The van der Waals surface area contributed by atoms with E-state index in [1.165, 1.54) is 12.1 Å². The molecule has 0 aliphatic rings. The summed E-state index contributed by atoms with van der Waals surface area (Å²) in [5, 5.41) is 6.24. The molecule has 0 atom stereocenters. The monoisotopic (exact) mass is 415 g/mol. The molecule has 0 aliphatic carbocycles. The Kier molecular flexibility index (Phi) is 5.97. The van der Waals surface area contributed by atoms with E-state index in [2.05, 4.69) is 25.3 Å². The number of benzene rings is 2. The van der Waals surface area contributed by atoms with Crippen LogP contribution in [0.5, 0.6) is 0 Å². The maximum atomic E-state index is 13.2. The number of rotatable bonds is 7. The van der Waals surface area contributed by atoms with Gasteiger partial charge in [0.15, 0.2) is 0 Å². The summed E-state index contributed by atoms with van der Waals surface area (Å²) >= 11 is 0. The molecule has 0 saturated heterocycles. The van der Waals surface area contributed by atoms with Crippen LogP contribution in [0, 0.1) is 19.7 Å². The lowest BCUT2D eigenvalue weighted by atomic mass is 10.2. The van der Waals surface area contributed by atoms with Crippen LogP contribution in [0.1, 0.15) is 18.2 Å². The van der Waals surface area contributed by atoms with Crippen LogP contribution >= 0.6 is 0 Å². The minimum atomic E-state index is -3.82. The van der Waals surface area contributed by atoms with E-state index in [1.807, 2.05) is 19.9 Å². The lowest BCUT2D eigenvalue weighted by Crippen LogP contribution is -2.14. The Morgan fingerprint density at radius 1 is 0.966 bits per heavy atom. The van der Waals surface area contributed by atoms with Gasteiger partial charge in [0, 0.05) is 29.7 Å². The minimum Gasteiger partial charge on any atom is -0.354 e. The van der Waals surface area contributed by atoms with Crippen LogP contribution in [0.25, 0.3) is 0 Å². The average Bonchev–Trinajstić information content (AvgIpc) is 2.62. The molecule has 0 bridgehead atoms. The third-order valence-corrected chi connectivity index (χ3v) is 5.57. The molecule has 0 fully saturated rings. The van der Waals surface area contributed by atoms with E-state index in [0.717, 1.165) is 17.4 Å². The van der Waals surface area contributed by atoms with Gasteiger partial charge in [0.1, 0.15) is 11.6 Å². The zero-order valence-electron chi connectivity index (χ0n) is 16.3. The highest BCUT2D eigenvalue weighted by atomic mass is 32.2. The van der Waals surface area contributed by atoms with Gasteiger partial charge in [0.2, 0.25) is 5.95 Å². The lowest BCUT2D eigenvalue weighted by molar-refractivity contribution is 0.598. The molecule has 0 unspecified atom stereocenters. The normalized spacial score (nSPS) is 11.2. The van der Waals surface area contributed by atoms with Crippen LogP contribution in [0.15, 0.2) is 53.4 Å². The molecule has 1 heterocycles. The van der Waals surface area contributed by atoms with Crippen molar-refractivity contribution in [1.29, 1.82) is 0 Å². The fourth-order valence-electron chi connectivity index (χ4n) is 2.76. The second kappa shape index (κ2) is 8.44. The molecule has 152 valence electrons. The van der Waals surface area contributed by atoms with E-state index >= 15 is 0 Å². The fraction of sp³-hybridized carbons (Fsp3) is 0.200. The third kappa shape index (κ3) is 5.20. The first-order valence-electron chi connectivity index (χ1n) is 9.02. The number of halogens is 1. The molecular formula is C20H22FN5O2S. The molecule has 0 amide bonds. The highest BCUT2D eigenvalue weighted by Crippen LogP contribution is 2.23. The van der Waals surface area contributed by atoms with Crippen LogP contribution < -0.4 is 15.4 Å². The van der Waals surface area contributed by atoms with Gasteiger partial charge in [-0.2, -0.15) is 4.98 Å². The van der Waals surface area contributed by atoms with Crippen molar-refractivity contribution in [3.05, 3.63) is 65.6 Å². The van der Waals surface area contributed by atoms with Crippen molar-refractivity contribution in [3.63, 3.8) is 0 Å². The second-order valence-electron chi connectivity index (χ2n) is 6.47. The SMILES string of the molecule is CCNc1nc(C)cc(Nc2ccc(NS(=O)(=O)c3ccc(F)cc3C)cc2)n1. The Labute approximate surface area is 169 Å². The van der Waals surface area contributed by atoms with Crippen LogP contribution in [-0.4, -0.2) is 24.9 Å². The van der Waals surface area contributed by atoms with Gasteiger partial charge >= 0.3 is 0 Å². The fourth-order valence-corrected chi connectivity index (χ4v) is 4.05. The summed E-state index contributed by atoms with van der Waals surface area (Å²) in [5.41, 5.74) is 2.29. The van der Waals surface area contributed by atoms with Gasteiger partial charge < -0.3 is 10.6 Å². The van der Waals surface area contributed by atoms with Gasteiger partial charge in [0.25, 0.3) is 10.0 Å². The number of anilines is 4. The third-order valence-electron chi connectivity index (χ3n) is 4.03. The quantitative estimate of drug-likeness (QED) is 0.535. The molecule has 0 aliphatic heterocycles. The van der Waals surface area contributed by atoms with Crippen molar-refractivity contribution >= 4 is 33.2 Å². The van der Waals surface area contributed by atoms with Crippen molar-refractivity contribution < 1.29 is 12.8 Å². The van der Waals surface area contributed by atoms with E-state index in [0.29, 0.717) is 29.6 Å². The molecular weight excluding hydrogens is 393 g/mol. The lowest BCUT2D eigenvalue weighted by Gasteiger charge is -2.12. The number of hydrogen-bond acceptors (Lipinski definition) is 6. The number of aromatic nitrogens is 2. The summed E-state index contributed by atoms with van der Waals surface area (Å²) in [6.45, 7) is 6.11. The Morgan fingerprint density at radius 3 is 2.31 bits per heavy atom. The van der Waals surface area contributed by atoms with E-state index in [4.69, 9.17) is 0 Å². The summed E-state index contributed by atoms with van der Waals surface area (Å²) in [6.07, 6.45) is 0. The Bertz CT molecular complexity index is 1120. The van der Waals surface area contributed by atoms with Gasteiger partial charge in [-0.25, -0.2) is 17.8 Å². The molecule has 0 saturated carbocycles. The maximum Gasteiger partial charge on any atom is 0.262 e. The van der Waals surface area contributed by atoms with Crippen molar-refractivity contribution in [3.8, 4) is 0 Å². The van der Waals surface area contributed by atoms with E-state index in [9.17, 15) is 12.8 Å². The van der Waals surface area contributed by atoms with Crippen molar-refractivity contribution in [2.75, 3.05) is 21.9 Å². The number of sulfonamides is 1. The molecule has 0 spiro atoms. The van der Waals surface area contributed by atoms with Crippen molar-refractivity contribution in [1.82, 2.24) is 9.97 Å². The molecule has 9 heteroatoms. The summed E-state index contributed by atoms with van der Waals surface area (Å²) < 4.78 is 40.9. The summed E-state index contributed by atoms with van der Waals surface area (Å²) in [5.74, 6) is 0.687. The van der Waals surface area contributed by atoms with E-state index in [1.54, 1.807) is 31.2 Å². The van der Waals surface area contributed by atoms with Gasteiger partial charge in [-0.15, -0.1) is 0 Å². The predicted octanol–water partition coefficient (Wildman–Crippen LogP) is 4.21. The molecule has 1 aromatic heterocycles. The van der Waals surface area contributed by atoms with Gasteiger partial charge in [-0.1, -0.05) is 0 Å². The first-order chi connectivity index (χ1) is 13.8. The van der Waals surface area contributed by atoms with E-state index in [-0.39, 0.29) is 4.90 Å². The number of hydrogen-bond donors (Lipinski definition) is 3. The molecule has 7 nitrogen and oxygen atoms in total. The predicted molar refractivity (Wildman–Crippen MR) is 113 cm³/mol. The Hall–Kier alpha value is -3.20. The first-order valence-corrected chi connectivity index (χ1v) is 10.5. The molecule has 2 aromatic carbocycles. The average molecular weight is 415 g/mol. The largest absolute Gasteiger partial charge is 0.354 e. The summed E-state index contributed by atoms with van der Waals surface area (Å²) in [6, 6.07) is 12.1. The first kappa shape index (κ1) is 20.5. The van der Waals surface area contributed by atoms with Crippen molar-refractivity contribution in [2.24, 2.45) is 0 Å². The molecule has 3 rings (SSSR count). The molecule has 3 aromatic rings. The highest BCUT2D eigenvalue weighted by Gasteiger charge is 2.17. The summed E-state index contributed by atoms with van der Waals surface area (Å²) in [4.78, 5) is 8.72. The Morgan fingerprint density at radius 2 is 1.66 bits per heavy atom. The van der Waals surface area contributed by atoms with Crippen molar-refractivity contribution in [2.45, 2.75) is 25.7 Å². The van der Waals surface area contributed by atoms with Crippen LogP contribution in [0.3, 0.4) is 0 Å². The zero-order valence-corrected chi connectivity index (χ0v) is 17.1. The maximum absolute atomic E-state index is 13.2. The molecule has 29 heavy (non-hydrogen) atoms. The highest BCUT2D eigenvalue weighted by molar-refractivity contribution is 7.92. The molecule has 3 N–H and O–H groups in total. The second-order valence-corrected chi connectivity index (χ2v) is 8.12. The molecule has 0 radical (unpaired) electrons. The van der Waals surface area contributed by atoms with Gasteiger partial charge in [-0.05, 0) is 68.8 Å². The standard InChI is InChI=1S/C20H22FN5O2S/c1-4-22-20-23-14(3)12-19(25-20)24-16-6-8-17(9-7-16)26-29(27,28)18-10-5-15(21)11-13(18)2/h5-12,26H,4H2,1-3H3,(H2,22,23,24,25). The van der Waals surface area contributed by atoms with Crippen LogP contribution in [0.2, 0.25) is 0 Å². The number of nitrogens with one attached hydrogen (secondary N) is 3. The topological polar surface area (TPSA) is 96.0 Å². The van der Waals surface area contributed by atoms with Crippen LogP contribution in [-0.2, 0) is 10.0 Å². The smallest absolute Gasteiger partial charge is 0.262 e. The number of aryl methyl sites for hydroxylation is 2. The Balaban J connectivity index is 1.75. The zero-order chi connectivity index (χ0) is 21.0. The van der Waals surface area contributed by atoms with Crippen LogP contribution in [0.4, 0.5) is 27.5 Å². The summed E-state index contributed by atoms with van der Waals surface area (Å²) in [7, 11) is -3.82. The van der Waals surface area contributed by atoms with Gasteiger partial charge in [0.05, 0.1) is 4.90 Å². The number of nitrogens with zero attached hydrogens (tertiary/aromatic N) is 2.